The van der Waals surface area contributed by atoms with Gasteiger partial charge in [0, 0.05) is 11.5 Å². The van der Waals surface area contributed by atoms with Crippen LogP contribution in [0.25, 0.3) is 11.4 Å². The van der Waals surface area contributed by atoms with Gasteiger partial charge >= 0.3 is 6.61 Å². The SMILES string of the molecule is O=C(c1ccccc1)C1CCN(Cc2nc(-c3ccccc3OC(F)F)no2)CC1. The van der Waals surface area contributed by atoms with Gasteiger partial charge in [0.05, 0.1) is 12.1 Å². The molecule has 156 valence electrons. The summed E-state index contributed by atoms with van der Waals surface area (Å²) in [6.07, 6.45) is 1.53. The highest BCUT2D eigenvalue weighted by Gasteiger charge is 2.27. The Labute approximate surface area is 172 Å². The first-order valence-corrected chi connectivity index (χ1v) is 9.78. The highest BCUT2D eigenvalue weighted by Crippen LogP contribution is 2.29. The van der Waals surface area contributed by atoms with Crippen LogP contribution in [0.3, 0.4) is 0 Å². The number of benzene rings is 2. The van der Waals surface area contributed by atoms with E-state index in [-0.39, 0.29) is 23.3 Å². The number of carbonyl (C=O) groups excluding carboxylic acids is 1. The maximum Gasteiger partial charge on any atom is 0.387 e. The van der Waals surface area contributed by atoms with Gasteiger partial charge < -0.3 is 9.26 Å². The van der Waals surface area contributed by atoms with Gasteiger partial charge in [0.1, 0.15) is 5.75 Å². The molecule has 0 aliphatic carbocycles. The van der Waals surface area contributed by atoms with Gasteiger partial charge in [0.25, 0.3) is 0 Å². The zero-order valence-electron chi connectivity index (χ0n) is 16.2. The van der Waals surface area contributed by atoms with Gasteiger partial charge in [-0.1, -0.05) is 47.6 Å². The van der Waals surface area contributed by atoms with E-state index in [0.29, 0.717) is 18.0 Å². The van der Waals surface area contributed by atoms with Crippen LogP contribution in [-0.4, -0.2) is 40.5 Å². The third-order valence-corrected chi connectivity index (χ3v) is 5.19. The van der Waals surface area contributed by atoms with Crippen LogP contribution in [0.5, 0.6) is 5.75 Å². The molecular formula is C22H21F2N3O3. The van der Waals surface area contributed by atoms with Crippen LogP contribution >= 0.6 is 0 Å². The second-order valence-corrected chi connectivity index (χ2v) is 7.17. The van der Waals surface area contributed by atoms with Gasteiger partial charge in [-0.3, -0.25) is 9.69 Å². The van der Waals surface area contributed by atoms with E-state index in [1.54, 1.807) is 18.2 Å². The summed E-state index contributed by atoms with van der Waals surface area (Å²) in [5, 5.41) is 3.91. The second-order valence-electron chi connectivity index (χ2n) is 7.17. The number of nitrogens with zero attached hydrogens (tertiary/aromatic N) is 3. The monoisotopic (exact) mass is 413 g/mol. The van der Waals surface area contributed by atoms with Crippen LogP contribution in [0.15, 0.2) is 59.1 Å². The zero-order valence-corrected chi connectivity index (χ0v) is 16.2. The number of likely N-dealkylation sites (tertiary alicyclic amines) is 1. The molecule has 3 aromatic rings. The number of ketones is 1. The van der Waals surface area contributed by atoms with Crippen molar-refractivity contribution in [2.75, 3.05) is 13.1 Å². The van der Waals surface area contributed by atoms with Crippen molar-refractivity contribution in [2.24, 2.45) is 5.92 Å². The van der Waals surface area contributed by atoms with Gasteiger partial charge in [-0.25, -0.2) is 0 Å². The molecule has 2 aromatic carbocycles. The number of ether oxygens (including phenoxy) is 1. The first-order valence-electron chi connectivity index (χ1n) is 9.78. The van der Waals surface area contributed by atoms with Crippen LogP contribution in [0, 0.1) is 5.92 Å². The Balaban J connectivity index is 1.36. The average Bonchev–Trinajstić information content (AvgIpc) is 3.22. The molecule has 1 fully saturated rings. The van der Waals surface area contributed by atoms with Crippen molar-refractivity contribution in [2.45, 2.75) is 26.0 Å². The molecule has 0 bridgehead atoms. The Hall–Kier alpha value is -3.13. The van der Waals surface area contributed by atoms with E-state index in [9.17, 15) is 13.6 Å². The van der Waals surface area contributed by atoms with Crippen molar-refractivity contribution in [1.29, 1.82) is 0 Å². The highest BCUT2D eigenvalue weighted by atomic mass is 19.3. The minimum absolute atomic E-state index is 0.0000821. The third-order valence-electron chi connectivity index (χ3n) is 5.19. The first kappa shape index (κ1) is 20.2. The predicted octanol–water partition coefficient (Wildman–Crippen LogP) is 4.43. The normalized spacial score (nSPS) is 15.4. The Morgan fingerprint density at radius 1 is 1.10 bits per heavy atom. The van der Waals surface area contributed by atoms with Crippen molar-refractivity contribution in [3.8, 4) is 17.1 Å². The van der Waals surface area contributed by atoms with Gasteiger partial charge in [-0.15, -0.1) is 0 Å². The Kier molecular flexibility index (Phi) is 6.13. The lowest BCUT2D eigenvalue weighted by molar-refractivity contribution is -0.0494. The molecule has 1 aromatic heterocycles. The Morgan fingerprint density at radius 3 is 2.53 bits per heavy atom. The number of hydrogen-bond donors (Lipinski definition) is 0. The quantitative estimate of drug-likeness (QED) is 0.534. The summed E-state index contributed by atoms with van der Waals surface area (Å²) >= 11 is 0. The summed E-state index contributed by atoms with van der Waals surface area (Å²) in [4.78, 5) is 19.1. The highest BCUT2D eigenvalue weighted by molar-refractivity contribution is 5.97. The minimum atomic E-state index is -2.93. The summed E-state index contributed by atoms with van der Waals surface area (Å²) in [5.41, 5.74) is 1.10. The predicted molar refractivity (Wildman–Crippen MR) is 105 cm³/mol. The Morgan fingerprint density at radius 2 is 1.80 bits per heavy atom. The van der Waals surface area contributed by atoms with Gasteiger partial charge in [-0.05, 0) is 38.1 Å². The zero-order chi connectivity index (χ0) is 20.9. The molecule has 0 spiro atoms. The molecule has 4 rings (SSSR count). The number of carbonyl (C=O) groups is 1. The lowest BCUT2D eigenvalue weighted by atomic mass is 9.89. The van der Waals surface area contributed by atoms with Crippen molar-refractivity contribution in [3.05, 3.63) is 66.1 Å². The van der Waals surface area contributed by atoms with E-state index in [1.807, 2.05) is 30.3 Å². The molecule has 0 saturated carbocycles. The molecule has 0 unspecified atom stereocenters. The molecule has 1 aliphatic rings. The molecule has 6 nitrogen and oxygen atoms in total. The fourth-order valence-electron chi connectivity index (χ4n) is 3.66. The summed E-state index contributed by atoms with van der Waals surface area (Å²) in [6.45, 7) is -1.01. The Bertz CT molecular complexity index is 986. The van der Waals surface area contributed by atoms with Gasteiger partial charge in [0.2, 0.25) is 11.7 Å². The van der Waals surface area contributed by atoms with Crippen LogP contribution < -0.4 is 4.74 Å². The number of alkyl halides is 2. The first-order chi connectivity index (χ1) is 14.6. The van der Waals surface area contributed by atoms with Crippen molar-refractivity contribution < 1.29 is 22.8 Å². The topological polar surface area (TPSA) is 68.5 Å². The average molecular weight is 413 g/mol. The number of aromatic nitrogens is 2. The van der Waals surface area contributed by atoms with Crippen LogP contribution in [0.1, 0.15) is 29.1 Å². The minimum Gasteiger partial charge on any atom is -0.434 e. The van der Waals surface area contributed by atoms with E-state index >= 15 is 0 Å². The summed E-state index contributed by atoms with van der Waals surface area (Å²) in [7, 11) is 0. The summed E-state index contributed by atoms with van der Waals surface area (Å²) < 4.78 is 35.1. The lowest BCUT2D eigenvalue weighted by Gasteiger charge is -2.30. The molecule has 2 heterocycles. The van der Waals surface area contributed by atoms with E-state index in [1.165, 1.54) is 6.07 Å². The summed E-state index contributed by atoms with van der Waals surface area (Å²) in [5.74, 6) is 0.798. The number of rotatable bonds is 7. The van der Waals surface area contributed by atoms with E-state index in [2.05, 4.69) is 19.8 Å². The molecule has 0 atom stereocenters. The van der Waals surface area contributed by atoms with Crippen LogP contribution in [0.4, 0.5) is 8.78 Å². The van der Waals surface area contributed by atoms with Gasteiger partial charge in [-0.2, -0.15) is 13.8 Å². The second kappa shape index (κ2) is 9.13. The standard InChI is InChI=1S/C22H21F2N3O3/c23-22(24)29-18-9-5-4-8-17(18)21-25-19(30-26-21)14-27-12-10-16(11-13-27)20(28)15-6-2-1-3-7-15/h1-9,16,22H,10-14H2. The van der Waals surface area contributed by atoms with Crippen LogP contribution in [-0.2, 0) is 6.54 Å². The molecular weight excluding hydrogens is 392 g/mol. The van der Waals surface area contributed by atoms with Gasteiger partial charge in [0.15, 0.2) is 5.78 Å². The van der Waals surface area contributed by atoms with Crippen molar-refractivity contribution in [1.82, 2.24) is 15.0 Å². The maximum absolute atomic E-state index is 12.6. The fraction of sp³-hybridized carbons (Fsp3) is 0.318. The smallest absolute Gasteiger partial charge is 0.387 e. The fourth-order valence-corrected chi connectivity index (χ4v) is 3.66. The summed E-state index contributed by atoms with van der Waals surface area (Å²) in [6, 6.07) is 15.7. The van der Waals surface area contributed by atoms with Crippen molar-refractivity contribution in [3.63, 3.8) is 0 Å². The number of para-hydroxylation sites is 1. The number of halogens is 2. The van der Waals surface area contributed by atoms with Crippen molar-refractivity contribution >= 4 is 5.78 Å². The van der Waals surface area contributed by atoms with E-state index in [4.69, 9.17) is 4.52 Å². The molecule has 0 amide bonds. The number of Topliss-reactive ketones (excluding diaryl/α,β-unsaturated/α-hetero) is 1. The molecule has 0 radical (unpaired) electrons. The third kappa shape index (κ3) is 4.71. The lowest BCUT2D eigenvalue weighted by Crippen LogP contribution is -2.36. The number of hydrogen-bond acceptors (Lipinski definition) is 6. The van der Waals surface area contributed by atoms with E-state index in [0.717, 1.165) is 31.5 Å². The maximum atomic E-state index is 12.6. The molecule has 1 aliphatic heterocycles. The molecule has 8 heteroatoms. The molecule has 1 saturated heterocycles. The molecule has 30 heavy (non-hydrogen) atoms. The van der Waals surface area contributed by atoms with E-state index < -0.39 is 6.61 Å². The van der Waals surface area contributed by atoms with Crippen LogP contribution in [0.2, 0.25) is 0 Å². The largest absolute Gasteiger partial charge is 0.434 e. The number of piperidine rings is 1. The molecule has 0 N–H and O–H groups in total.